The van der Waals surface area contributed by atoms with Gasteiger partial charge in [-0.3, -0.25) is 9.67 Å². The van der Waals surface area contributed by atoms with Gasteiger partial charge in [0.15, 0.2) is 5.75 Å². The molecule has 0 fully saturated rings. The summed E-state index contributed by atoms with van der Waals surface area (Å²) in [7, 11) is 1.62. The average molecular weight is 292 g/mol. The molecule has 0 aliphatic rings. The normalized spacial score (nSPS) is 12.7. The molecule has 0 aliphatic carbocycles. The molecular weight excluding hydrogens is 271 g/mol. The van der Waals surface area contributed by atoms with Crippen molar-refractivity contribution in [1.29, 1.82) is 0 Å². The summed E-state index contributed by atoms with van der Waals surface area (Å²) >= 11 is 0. The summed E-state index contributed by atoms with van der Waals surface area (Å²) in [5.41, 5.74) is 1.63. The maximum absolute atomic E-state index is 13.1. The van der Waals surface area contributed by atoms with Gasteiger partial charge in [0.05, 0.1) is 31.2 Å². The van der Waals surface area contributed by atoms with E-state index in [-0.39, 0.29) is 17.9 Å². The van der Waals surface area contributed by atoms with Crippen LogP contribution in [0.3, 0.4) is 0 Å². The Morgan fingerprint density at radius 1 is 1.33 bits per heavy atom. The fourth-order valence-electron chi connectivity index (χ4n) is 2.27. The van der Waals surface area contributed by atoms with E-state index in [9.17, 15) is 4.39 Å². The number of rotatable bonds is 6. The minimum Gasteiger partial charge on any atom is -0.493 e. The van der Waals surface area contributed by atoms with Crippen molar-refractivity contribution in [1.82, 2.24) is 20.1 Å². The van der Waals surface area contributed by atoms with Crippen molar-refractivity contribution >= 4 is 0 Å². The van der Waals surface area contributed by atoms with E-state index in [2.05, 4.69) is 29.2 Å². The number of nitrogens with one attached hydrogen (secondary N) is 1. The van der Waals surface area contributed by atoms with E-state index in [1.54, 1.807) is 19.4 Å². The van der Waals surface area contributed by atoms with Gasteiger partial charge in [0.25, 0.3) is 0 Å². The molecule has 1 unspecified atom stereocenters. The highest BCUT2D eigenvalue weighted by molar-refractivity contribution is 5.34. The number of aryl methyl sites for hydroxylation is 1. The van der Waals surface area contributed by atoms with Crippen molar-refractivity contribution in [2.24, 2.45) is 0 Å². The van der Waals surface area contributed by atoms with Crippen LogP contribution in [0.15, 0.2) is 24.5 Å². The van der Waals surface area contributed by atoms with Gasteiger partial charge in [0, 0.05) is 12.6 Å². The Bertz CT molecular complexity index is 558. The van der Waals surface area contributed by atoms with E-state index < -0.39 is 0 Å². The van der Waals surface area contributed by atoms with E-state index in [1.807, 2.05) is 11.6 Å². The lowest BCUT2D eigenvalue weighted by atomic mass is 10.1. The lowest BCUT2D eigenvalue weighted by Gasteiger charge is -2.22. The molecule has 2 aromatic rings. The molecule has 2 heterocycles. The second-order valence-electron chi connectivity index (χ2n) is 5.07. The highest BCUT2D eigenvalue weighted by Crippen LogP contribution is 2.29. The van der Waals surface area contributed by atoms with E-state index in [4.69, 9.17) is 4.74 Å². The molecular formula is C15H21FN4O. The number of halogens is 1. The van der Waals surface area contributed by atoms with Crippen LogP contribution < -0.4 is 10.1 Å². The first-order chi connectivity index (χ1) is 10.1. The Balaban J connectivity index is 2.49. The monoisotopic (exact) mass is 292 g/mol. The Morgan fingerprint density at radius 3 is 2.62 bits per heavy atom. The number of nitrogens with zero attached hydrogens (tertiary/aromatic N) is 3. The zero-order valence-electron chi connectivity index (χ0n) is 12.8. The zero-order valence-corrected chi connectivity index (χ0v) is 12.8. The third-order valence-electron chi connectivity index (χ3n) is 3.18. The Labute approximate surface area is 124 Å². The van der Waals surface area contributed by atoms with Crippen LogP contribution in [0.2, 0.25) is 0 Å². The summed E-state index contributed by atoms with van der Waals surface area (Å²) in [6, 6.07) is 3.12. The predicted octanol–water partition coefficient (Wildman–Crippen LogP) is 2.53. The van der Waals surface area contributed by atoms with Gasteiger partial charge in [0.2, 0.25) is 0 Å². The number of hydrogen-bond donors (Lipinski definition) is 1. The molecule has 2 aromatic heterocycles. The van der Waals surface area contributed by atoms with Crippen LogP contribution in [0, 0.1) is 5.82 Å². The number of pyridine rings is 1. The fourth-order valence-corrected chi connectivity index (χ4v) is 2.27. The van der Waals surface area contributed by atoms with Crippen molar-refractivity contribution in [2.75, 3.05) is 7.11 Å². The van der Waals surface area contributed by atoms with Crippen molar-refractivity contribution in [3.05, 3.63) is 41.7 Å². The Hall–Kier alpha value is -1.95. The van der Waals surface area contributed by atoms with Crippen molar-refractivity contribution in [3.63, 3.8) is 0 Å². The first-order valence-electron chi connectivity index (χ1n) is 7.04. The van der Waals surface area contributed by atoms with Gasteiger partial charge in [-0.25, -0.2) is 4.39 Å². The number of hydrogen-bond acceptors (Lipinski definition) is 4. The third kappa shape index (κ3) is 3.39. The number of methoxy groups -OCH3 is 1. The van der Waals surface area contributed by atoms with E-state index in [0.717, 1.165) is 17.9 Å². The van der Waals surface area contributed by atoms with Gasteiger partial charge in [-0.15, -0.1) is 0 Å². The van der Waals surface area contributed by atoms with Crippen LogP contribution in [-0.4, -0.2) is 27.9 Å². The molecule has 0 aliphatic heterocycles. The molecule has 2 rings (SSSR count). The van der Waals surface area contributed by atoms with Crippen LogP contribution in [0.25, 0.3) is 0 Å². The van der Waals surface area contributed by atoms with Crippen molar-refractivity contribution in [2.45, 2.75) is 39.4 Å². The van der Waals surface area contributed by atoms with Crippen molar-refractivity contribution < 1.29 is 9.13 Å². The molecule has 0 aromatic carbocycles. The topological polar surface area (TPSA) is 52.0 Å². The predicted molar refractivity (Wildman–Crippen MR) is 78.8 cm³/mol. The molecule has 0 saturated carbocycles. The van der Waals surface area contributed by atoms with E-state index in [1.165, 1.54) is 12.3 Å². The lowest BCUT2D eigenvalue weighted by molar-refractivity contribution is 0.393. The number of aromatic nitrogens is 3. The minimum absolute atomic E-state index is 0.206. The highest BCUT2D eigenvalue weighted by Gasteiger charge is 2.25. The first-order valence-corrected chi connectivity index (χ1v) is 7.04. The van der Waals surface area contributed by atoms with Gasteiger partial charge in [0.1, 0.15) is 11.5 Å². The lowest BCUT2D eigenvalue weighted by Crippen LogP contribution is -2.31. The van der Waals surface area contributed by atoms with Crippen LogP contribution in [0.4, 0.5) is 4.39 Å². The maximum Gasteiger partial charge on any atom is 0.161 e. The molecule has 1 atom stereocenters. The van der Waals surface area contributed by atoms with Crippen LogP contribution in [-0.2, 0) is 6.54 Å². The van der Waals surface area contributed by atoms with E-state index >= 15 is 0 Å². The summed E-state index contributed by atoms with van der Waals surface area (Å²) < 4.78 is 20.4. The summed E-state index contributed by atoms with van der Waals surface area (Å²) in [6.07, 6.45) is 2.92. The standard InChI is InChI=1S/C15H21FN4O/c1-5-20-15(13(21-4)9-18-20)14(19-10(2)3)12-7-6-11(16)8-17-12/h6-10,14,19H,5H2,1-4H3. The van der Waals surface area contributed by atoms with Crippen LogP contribution in [0.5, 0.6) is 5.75 Å². The van der Waals surface area contributed by atoms with Crippen molar-refractivity contribution in [3.8, 4) is 5.75 Å². The average Bonchev–Trinajstić information content (AvgIpc) is 2.88. The Morgan fingerprint density at radius 2 is 2.10 bits per heavy atom. The summed E-state index contributed by atoms with van der Waals surface area (Å²) in [6.45, 7) is 6.84. The zero-order chi connectivity index (χ0) is 15.4. The fraction of sp³-hybridized carbons (Fsp3) is 0.467. The largest absolute Gasteiger partial charge is 0.493 e. The molecule has 0 spiro atoms. The second-order valence-corrected chi connectivity index (χ2v) is 5.07. The molecule has 6 heteroatoms. The molecule has 21 heavy (non-hydrogen) atoms. The molecule has 0 amide bonds. The van der Waals surface area contributed by atoms with Gasteiger partial charge >= 0.3 is 0 Å². The second kappa shape index (κ2) is 6.67. The number of ether oxygens (including phenoxy) is 1. The molecule has 0 bridgehead atoms. The molecule has 0 radical (unpaired) electrons. The van der Waals surface area contributed by atoms with Crippen LogP contribution >= 0.6 is 0 Å². The first kappa shape index (κ1) is 15.4. The summed E-state index contributed by atoms with van der Waals surface area (Å²) in [4.78, 5) is 4.20. The SMILES string of the molecule is CCn1ncc(OC)c1C(NC(C)C)c1ccc(F)cn1. The Kier molecular flexibility index (Phi) is 4.90. The minimum atomic E-state index is -0.349. The van der Waals surface area contributed by atoms with Gasteiger partial charge < -0.3 is 10.1 Å². The summed E-state index contributed by atoms with van der Waals surface area (Å²) in [5.74, 6) is 0.346. The van der Waals surface area contributed by atoms with Gasteiger partial charge in [-0.05, 0) is 32.9 Å². The molecule has 5 nitrogen and oxygen atoms in total. The van der Waals surface area contributed by atoms with Gasteiger partial charge in [-0.1, -0.05) is 0 Å². The molecule has 0 saturated heterocycles. The van der Waals surface area contributed by atoms with E-state index in [0.29, 0.717) is 5.75 Å². The molecule has 114 valence electrons. The smallest absolute Gasteiger partial charge is 0.161 e. The highest BCUT2D eigenvalue weighted by atomic mass is 19.1. The summed E-state index contributed by atoms with van der Waals surface area (Å²) in [5, 5.41) is 7.77. The van der Waals surface area contributed by atoms with Gasteiger partial charge in [-0.2, -0.15) is 5.10 Å². The maximum atomic E-state index is 13.1. The third-order valence-corrected chi connectivity index (χ3v) is 3.18. The van der Waals surface area contributed by atoms with Crippen LogP contribution in [0.1, 0.15) is 38.2 Å². The molecule has 1 N–H and O–H groups in total. The quantitative estimate of drug-likeness (QED) is 0.889.